The van der Waals surface area contributed by atoms with Crippen LogP contribution in [0.5, 0.6) is 0 Å². The fourth-order valence-corrected chi connectivity index (χ4v) is 5.67. The molecule has 0 atom stereocenters. The molecule has 0 saturated heterocycles. The van der Waals surface area contributed by atoms with Crippen molar-refractivity contribution in [3.05, 3.63) is 93.7 Å². The fraction of sp³-hybridized carbons (Fsp3) is 0.0769. The summed E-state index contributed by atoms with van der Waals surface area (Å²) in [5, 5.41) is 2.29. The predicted octanol–water partition coefficient (Wildman–Crippen LogP) is 6.43. The van der Waals surface area contributed by atoms with Crippen molar-refractivity contribution in [2.75, 3.05) is 0 Å². The van der Waals surface area contributed by atoms with E-state index in [1.54, 1.807) is 0 Å². The molecule has 0 amide bonds. The first-order valence-electron chi connectivity index (χ1n) is 10.1. The number of rotatable bonds is 2. The predicted molar refractivity (Wildman–Crippen MR) is 126 cm³/mol. The van der Waals surface area contributed by atoms with Gasteiger partial charge in [-0.1, -0.05) is 72.8 Å². The minimum Gasteiger partial charge on any atom is -0.305 e. The number of H-pyrrole nitrogens is 1. The van der Waals surface area contributed by atoms with E-state index in [-0.39, 0.29) is 5.69 Å². The average molecular weight is 407 g/mol. The second-order valence-corrected chi connectivity index (χ2v) is 8.68. The summed E-state index contributed by atoms with van der Waals surface area (Å²) in [6, 6.07) is 22.8. The highest BCUT2D eigenvalue weighted by Gasteiger charge is 2.15. The molecule has 0 spiro atoms. The lowest BCUT2D eigenvalue weighted by Gasteiger charge is -2.08. The molecule has 3 nitrogen and oxygen atoms in total. The molecule has 2 heterocycles. The van der Waals surface area contributed by atoms with Crippen LogP contribution in [0.15, 0.2) is 77.6 Å². The highest BCUT2D eigenvalue weighted by Crippen LogP contribution is 2.41. The highest BCUT2D eigenvalue weighted by molar-refractivity contribution is 7.20. The summed E-state index contributed by atoms with van der Waals surface area (Å²) < 4.78 is 1.35. The normalized spacial score (nSPS) is 13.1. The number of benzene rings is 3. The van der Waals surface area contributed by atoms with Crippen LogP contribution in [0.3, 0.4) is 0 Å². The smallest absolute Gasteiger partial charge is 0.305 e. The number of aromatic amines is 1. The minimum atomic E-state index is -0.324. The lowest BCUT2D eigenvalue weighted by Crippen LogP contribution is -2.11. The Bertz CT molecular complexity index is 1510. The van der Waals surface area contributed by atoms with Crippen LogP contribution < -0.4 is 5.69 Å². The third-order valence-electron chi connectivity index (χ3n) is 5.76. The molecular formula is C26H18N2OS. The Labute approximate surface area is 177 Å². The second kappa shape index (κ2) is 6.78. The summed E-state index contributed by atoms with van der Waals surface area (Å²) in [6.07, 6.45) is 6.80. The van der Waals surface area contributed by atoms with Crippen molar-refractivity contribution in [1.29, 1.82) is 0 Å². The van der Waals surface area contributed by atoms with E-state index in [4.69, 9.17) is 0 Å². The standard InChI is InChI=1S/C26H18N2OS/c29-26-27-22-10-3-1-7-21(22)24(28-26)17-14-12-16(13-15-17)18-8-5-9-20-19-6-2-4-11-23(19)30-25(18)20/h1-3,5-10,12-15H,4,11H2,(H,27,28,29). The summed E-state index contributed by atoms with van der Waals surface area (Å²) in [4.78, 5) is 20.6. The number of nitrogens with one attached hydrogen (secondary N) is 1. The molecule has 1 N–H and O–H groups in total. The van der Waals surface area contributed by atoms with Crippen LogP contribution in [0, 0.1) is 0 Å². The van der Waals surface area contributed by atoms with Crippen molar-refractivity contribution < 1.29 is 0 Å². The molecule has 30 heavy (non-hydrogen) atoms. The quantitative estimate of drug-likeness (QED) is 0.367. The van der Waals surface area contributed by atoms with E-state index in [2.05, 4.69) is 64.6 Å². The van der Waals surface area contributed by atoms with Gasteiger partial charge in [0.05, 0.1) is 11.2 Å². The Morgan fingerprint density at radius 3 is 2.57 bits per heavy atom. The van der Waals surface area contributed by atoms with Gasteiger partial charge in [0.1, 0.15) is 0 Å². The number of aryl methyl sites for hydroxylation is 1. The van der Waals surface area contributed by atoms with E-state index >= 15 is 0 Å². The van der Waals surface area contributed by atoms with Gasteiger partial charge in [0.25, 0.3) is 0 Å². The van der Waals surface area contributed by atoms with Gasteiger partial charge in [0.2, 0.25) is 0 Å². The molecule has 1 aliphatic rings. The van der Waals surface area contributed by atoms with Gasteiger partial charge < -0.3 is 4.98 Å². The Morgan fingerprint density at radius 1 is 0.867 bits per heavy atom. The maximum absolute atomic E-state index is 12.0. The lowest BCUT2D eigenvalue weighted by atomic mass is 9.98. The molecule has 0 fully saturated rings. The summed E-state index contributed by atoms with van der Waals surface area (Å²) in [7, 11) is 0. The molecule has 0 radical (unpaired) electrons. The Morgan fingerprint density at radius 2 is 1.67 bits per heavy atom. The molecule has 0 bridgehead atoms. The van der Waals surface area contributed by atoms with Crippen molar-refractivity contribution in [1.82, 2.24) is 9.97 Å². The van der Waals surface area contributed by atoms with E-state index < -0.39 is 0 Å². The van der Waals surface area contributed by atoms with Gasteiger partial charge in [-0.25, -0.2) is 4.79 Å². The van der Waals surface area contributed by atoms with Gasteiger partial charge in [-0.3, -0.25) is 0 Å². The third-order valence-corrected chi connectivity index (χ3v) is 7.07. The number of hydrogen-bond acceptors (Lipinski definition) is 3. The van der Waals surface area contributed by atoms with Crippen LogP contribution in [-0.4, -0.2) is 9.97 Å². The minimum absolute atomic E-state index is 0.324. The van der Waals surface area contributed by atoms with E-state index in [0.717, 1.165) is 35.0 Å². The summed E-state index contributed by atoms with van der Waals surface area (Å²) in [5.74, 6) is 0. The summed E-state index contributed by atoms with van der Waals surface area (Å²) in [5.41, 5.74) is 5.97. The lowest BCUT2D eigenvalue weighted by molar-refractivity contribution is 1.02. The van der Waals surface area contributed by atoms with Gasteiger partial charge in [0.15, 0.2) is 0 Å². The molecule has 2 aromatic heterocycles. The van der Waals surface area contributed by atoms with Crippen LogP contribution in [-0.2, 0) is 6.42 Å². The van der Waals surface area contributed by atoms with Crippen LogP contribution in [0.4, 0.5) is 0 Å². The van der Waals surface area contributed by atoms with Crippen molar-refractivity contribution in [2.45, 2.75) is 12.8 Å². The fourth-order valence-electron chi connectivity index (χ4n) is 4.33. The van der Waals surface area contributed by atoms with Crippen LogP contribution in [0.1, 0.15) is 16.9 Å². The Hall–Kier alpha value is -3.50. The van der Waals surface area contributed by atoms with Crippen LogP contribution in [0.2, 0.25) is 0 Å². The number of fused-ring (bicyclic) bond motifs is 4. The SMILES string of the molecule is O=c1nc(-c2ccc(-c3cccc4c5c(sc34)CCC=C5)cc2)c2ccccc2[nH]1. The zero-order chi connectivity index (χ0) is 20.1. The van der Waals surface area contributed by atoms with Crippen molar-refractivity contribution >= 4 is 38.4 Å². The Balaban J connectivity index is 1.48. The molecule has 0 unspecified atom stereocenters. The van der Waals surface area contributed by atoms with E-state index in [1.165, 1.54) is 31.7 Å². The van der Waals surface area contributed by atoms with Crippen molar-refractivity contribution in [3.63, 3.8) is 0 Å². The molecule has 144 valence electrons. The first kappa shape index (κ1) is 17.4. The van der Waals surface area contributed by atoms with Gasteiger partial charge in [-0.2, -0.15) is 4.98 Å². The number of hydrogen-bond donors (Lipinski definition) is 1. The number of para-hydroxylation sites is 1. The maximum atomic E-state index is 12.0. The van der Waals surface area contributed by atoms with E-state index in [0.29, 0.717) is 0 Å². The zero-order valence-corrected chi connectivity index (χ0v) is 17.0. The number of allylic oxidation sites excluding steroid dienone is 1. The molecule has 3 aromatic carbocycles. The molecule has 6 rings (SSSR count). The number of thiophene rings is 1. The summed E-state index contributed by atoms with van der Waals surface area (Å²) >= 11 is 1.92. The average Bonchev–Trinajstić information content (AvgIpc) is 3.17. The second-order valence-electron chi connectivity index (χ2n) is 7.58. The maximum Gasteiger partial charge on any atom is 0.345 e. The van der Waals surface area contributed by atoms with Crippen LogP contribution >= 0.6 is 11.3 Å². The molecule has 1 aliphatic carbocycles. The van der Waals surface area contributed by atoms with Gasteiger partial charge >= 0.3 is 5.69 Å². The van der Waals surface area contributed by atoms with E-state index in [9.17, 15) is 4.79 Å². The van der Waals surface area contributed by atoms with Crippen LogP contribution in [0.25, 0.3) is 49.4 Å². The zero-order valence-electron chi connectivity index (χ0n) is 16.2. The van der Waals surface area contributed by atoms with E-state index in [1.807, 2.05) is 35.6 Å². The monoisotopic (exact) mass is 406 g/mol. The third kappa shape index (κ3) is 2.72. The molecule has 0 saturated carbocycles. The molecular weight excluding hydrogens is 388 g/mol. The molecule has 5 aromatic rings. The van der Waals surface area contributed by atoms with Gasteiger partial charge in [-0.05, 0) is 35.6 Å². The first-order valence-corrected chi connectivity index (χ1v) is 10.9. The van der Waals surface area contributed by atoms with Gasteiger partial charge in [0, 0.05) is 25.9 Å². The van der Waals surface area contributed by atoms with Gasteiger partial charge in [-0.15, -0.1) is 11.3 Å². The molecule has 0 aliphatic heterocycles. The van der Waals surface area contributed by atoms with Crippen molar-refractivity contribution in [2.24, 2.45) is 0 Å². The number of aromatic nitrogens is 2. The highest BCUT2D eigenvalue weighted by atomic mass is 32.1. The van der Waals surface area contributed by atoms with Crippen molar-refractivity contribution in [3.8, 4) is 22.4 Å². The largest absolute Gasteiger partial charge is 0.345 e. The summed E-state index contributed by atoms with van der Waals surface area (Å²) in [6.45, 7) is 0. The topological polar surface area (TPSA) is 45.8 Å². The first-order chi connectivity index (χ1) is 14.8. The number of nitrogens with zero attached hydrogens (tertiary/aromatic N) is 1. The molecule has 4 heteroatoms. The Kier molecular flexibility index (Phi) is 3.93.